The molecule has 0 saturated carbocycles. The van der Waals surface area contributed by atoms with Crippen molar-refractivity contribution >= 4 is 0 Å². The minimum absolute atomic E-state index is 0.671. The SMILES string of the molecule is CCCNC(CCC)CCc1cnn(CCC)c1. The molecule has 1 unspecified atom stereocenters. The summed E-state index contributed by atoms with van der Waals surface area (Å²) in [6, 6.07) is 0.671. The first-order valence-electron chi connectivity index (χ1n) is 7.54. The van der Waals surface area contributed by atoms with Crippen LogP contribution in [-0.2, 0) is 13.0 Å². The number of nitrogens with zero attached hydrogens (tertiary/aromatic N) is 2. The Morgan fingerprint density at radius 1 is 1.17 bits per heavy atom. The molecular formula is C15H29N3. The first-order chi connectivity index (χ1) is 8.80. The zero-order valence-electron chi connectivity index (χ0n) is 12.3. The summed E-state index contributed by atoms with van der Waals surface area (Å²) in [5, 5.41) is 8.03. The van der Waals surface area contributed by atoms with E-state index < -0.39 is 0 Å². The third-order valence-electron chi connectivity index (χ3n) is 3.24. The molecule has 3 nitrogen and oxygen atoms in total. The molecule has 0 radical (unpaired) electrons. The van der Waals surface area contributed by atoms with Crippen LogP contribution < -0.4 is 5.32 Å². The molecule has 1 aromatic rings. The molecule has 1 heterocycles. The Hall–Kier alpha value is -0.830. The minimum Gasteiger partial charge on any atom is -0.314 e. The minimum atomic E-state index is 0.671. The molecule has 0 bridgehead atoms. The molecule has 1 rings (SSSR count). The molecule has 18 heavy (non-hydrogen) atoms. The van der Waals surface area contributed by atoms with Crippen molar-refractivity contribution in [1.29, 1.82) is 0 Å². The van der Waals surface area contributed by atoms with Crippen molar-refractivity contribution in [3.8, 4) is 0 Å². The summed E-state index contributed by atoms with van der Waals surface area (Å²) in [7, 11) is 0. The topological polar surface area (TPSA) is 29.9 Å². The Morgan fingerprint density at radius 2 is 2.00 bits per heavy atom. The van der Waals surface area contributed by atoms with E-state index in [2.05, 4.69) is 42.1 Å². The van der Waals surface area contributed by atoms with Gasteiger partial charge >= 0.3 is 0 Å². The third kappa shape index (κ3) is 5.67. The van der Waals surface area contributed by atoms with Crippen molar-refractivity contribution in [1.82, 2.24) is 15.1 Å². The Kier molecular flexibility index (Phi) is 7.74. The Balaban J connectivity index is 2.34. The van der Waals surface area contributed by atoms with Gasteiger partial charge in [0.25, 0.3) is 0 Å². The number of nitrogens with one attached hydrogen (secondary N) is 1. The predicted molar refractivity (Wildman–Crippen MR) is 77.8 cm³/mol. The van der Waals surface area contributed by atoms with E-state index in [9.17, 15) is 0 Å². The van der Waals surface area contributed by atoms with Crippen molar-refractivity contribution in [2.24, 2.45) is 0 Å². The van der Waals surface area contributed by atoms with Crippen LogP contribution in [-0.4, -0.2) is 22.4 Å². The van der Waals surface area contributed by atoms with Crippen LogP contribution >= 0.6 is 0 Å². The highest BCUT2D eigenvalue weighted by Crippen LogP contribution is 2.09. The second kappa shape index (κ2) is 9.15. The molecule has 3 heteroatoms. The number of hydrogen-bond acceptors (Lipinski definition) is 2. The zero-order valence-corrected chi connectivity index (χ0v) is 12.3. The highest BCUT2D eigenvalue weighted by atomic mass is 15.3. The number of aryl methyl sites for hydroxylation is 2. The van der Waals surface area contributed by atoms with Gasteiger partial charge in [-0.3, -0.25) is 4.68 Å². The molecule has 0 aliphatic rings. The maximum absolute atomic E-state index is 4.39. The van der Waals surface area contributed by atoms with Gasteiger partial charge in [0.2, 0.25) is 0 Å². The summed E-state index contributed by atoms with van der Waals surface area (Å²) < 4.78 is 2.06. The van der Waals surface area contributed by atoms with Crippen LogP contribution in [0.4, 0.5) is 0 Å². The molecule has 104 valence electrons. The standard InChI is InChI=1S/C15H29N3/c1-4-7-15(16-10-5-2)9-8-14-12-17-18(13-14)11-6-3/h12-13,15-16H,4-11H2,1-3H3. The summed E-state index contributed by atoms with van der Waals surface area (Å²) in [5.74, 6) is 0. The van der Waals surface area contributed by atoms with E-state index in [1.54, 1.807) is 0 Å². The van der Waals surface area contributed by atoms with Crippen LogP contribution in [0.5, 0.6) is 0 Å². The van der Waals surface area contributed by atoms with Gasteiger partial charge in [0.15, 0.2) is 0 Å². The quantitative estimate of drug-likeness (QED) is 0.691. The molecule has 0 amide bonds. The largest absolute Gasteiger partial charge is 0.314 e. The fourth-order valence-electron chi connectivity index (χ4n) is 2.27. The van der Waals surface area contributed by atoms with Gasteiger partial charge in [0, 0.05) is 18.8 Å². The molecule has 0 aromatic carbocycles. The zero-order chi connectivity index (χ0) is 13.2. The van der Waals surface area contributed by atoms with Crippen molar-refractivity contribution in [2.45, 2.75) is 71.9 Å². The summed E-state index contributed by atoms with van der Waals surface area (Å²) in [5.41, 5.74) is 1.38. The summed E-state index contributed by atoms with van der Waals surface area (Å²) in [6.45, 7) is 8.85. The molecule has 1 aromatic heterocycles. The highest BCUT2D eigenvalue weighted by Gasteiger charge is 2.07. The van der Waals surface area contributed by atoms with Gasteiger partial charge in [-0.25, -0.2) is 0 Å². The number of rotatable bonds is 10. The fraction of sp³-hybridized carbons (Fsp3) is 0.800. The highest BCUT2D eigenvalue weighted by molar-refractivity contribution is 5.04. The fourth-order valence-corrected chi connectivity index (χ4v) is 2.27. The lowest BCUT2D eigenvalue weighted by Gasteiger charge is -2.17. The Bertz CT molecular complexity index is 306. The van der Waals surface area contributed by atoms with Crippen LogP contribution in [0.25, 0.3) is 0 Å². The van der Waals surface area contributed by atoms with Crippen LogP contribution in [0.2, 0.25) is 0 Å². The molecule has 1 N–H and O–H groups in total. The van der Waals surface area contributed by atoms with Gasteiger partial charge in [-0.2, -0.15) is 5.10 Å². The van der Waals surface area contributed by atoms with E-state index in [4.69, 9.17) is 0 Å². The lowest BCUT2D eigenvalue weighted by Crippen LogP contribution is -2.30. The molecular weight excluding hydrogens is 222 g/mol. The maximum Gasteiger partial charge on any atom is 0.0521 e. The van der Waals surface area contributed by atoms with Crippen molar-refractivity contribution in [3.63, 3.8) is 0 Å². The van der Waals surface area contributed by atoms with E-state index in [1.807, 2.05) is 6.20 Å². The molecule has 0 saturated heterocycles. The Morgan fingerprint density at radius 3 is 2.67 bits per heavy atom. The van der Waals surface area contributed by atoms with Gasteiger partial charge in [-0.15, -0.1) is 0 Å². The average molecular weight is 251 g/mol. The van der Waals surface area contributed by atoms with Gasteiger partial charge in [-0.1, -0.05) is 27.2 Å². The predicted octanol–water partition coefficient (Wildman–Crippen LogP) is 3.39. The van der Waals surface area contributed by atoms with Crippen LogP contribution in [0, 0.1) is 0 Å². The van der Waals surface area contributed by atoms with E-state index in [1.165, 1.54) is 31.2 Å². The lowest BCUT2D eigenvalue weighted by atomic mass is 10.0. The van der Waals surface area contributed by atoms with Gasteiger partial charge < -0.3 is 5.32 Å². The average Bonchev–Trinajstić information content (AvgIpc) is 2.81. The monoisotopic (exact) mass is 251 g/mol. The molecule has 0 fully saturated rings. The second-order valence-corrected chi connectivity index (χ2v) is 5.09. The van der Waals surface area contributed by atoms with E-state index >= 15 is 0 Å². The van der Waals surface area contributed by atoms with Gasteiger partial charge in [-0.05, 0) is 44.2 Å². The van der Waals surface area contributed by atoms with Gasteiger partial charge in [0.05, 0.1) is 6.20 Å². The normalized spacial score (nSPS) is 12.8. The van der Waals surface area contributed by atoms with E-state index in [0.717, 1.165) is 25.9 Å². The molecule has 0 aliphatic heterocycles. The first kappa shape index (κ1) is 15.2. The number of hydrogen-bond donors (Lipinski definition) is 1. The summed E-state index contributed by atoms with van der Waals surface area (Å²) in [6.07, 6.45) is 11.5. The lowest BCUT2D eigenvalue weighted by molar-refractivity contribution is 0.449. The smallest absolute Gasteiger partial charge is 0.0521 e. The van der Waals surface area contributed by atoms with Crippen molar-refractivity contribution < 1.29 is 0 Å². The van der Waals surface area contributed by atoms with E-state index in [0.29, 0.717) is 6.04 Å². The third-order valence-corrected chi connectivity index (χ3v) is 3.24. The maximum atomic E-state index is 4.39. The molecule has 0 spiro atoms. The summed E-state index contributed by atoms with van der Waals surface area (Å²) in [4.78, 5) is 0. The summed E-state index contributed by atoms with van der Waals surface area (Å²) >= 11 is 0. The molecule has 1 atom stereocenters. The molecule has 0 aliphatic carbocycles. The first-order valence-corrected chi connectivity index (χ1v) is 7.54. The van der Waals surface area contributed by atoms with E-state index in [-0.39, 0.29) is 0 Å². The number of aromatic nitrogens is 2. The Labute approximate surface area is 112 Å². The van der Waals surface area contributed by atoms with Crippen molar-refractivity contribution in [2.75, 3.05) is 6.54 Å². The van der Waals surface area contributed by atoms with Crippen molar-refractivity contribution in [3.05, 3.63) is 18.0 Å². The second-order valence-electron chi connectivity index (χ2n) is 5.09. The van der Waals surface area contributed by atoms with Crippen LogP contribution in [0.1, 0.15) is 58.4 Å². The van der Waals surface area contributed by atoms with Gasteiger partial charge in [0.1, 0.15) is 0 Å². The van der Waals surface area contributed by atoms with Crippen LogP contribution in [0.3, 0.4) is 0 Å². The van der Waals surface area contributed by atoms with Crippen LogP contribution in [0.15, 0.2) is 12.4 Å².